The lowest BCUT2D eigenvalue weighted by Crippen LogP contribution is -2.35. The SMILES string of the molecule is Nc1ncnc2c1nc(Sc1cc3c(cc1-c1ncco1)CCO3)n2CCC1CCN(CC=O)CC1. The summed E-state index contributed by atoms with van der Waals surface area (Å²) in [7, 11) is 0. The lowest BCUT2D eigenvalue weighted by molar-refractivity contribution is -0.109. The Morgan fingerprint density at radius 1 is 1.19 bits per heavy atom. The monoisotopic (exact) mass is 505 g/mol. The minimum atomic E-state index is 0.369. The van der Waals surface area contributed by atoms with E-state index in [0.29, 0.717) is 36.3 Å². The van der Waals surface area contributed by atoms with Crippen molar-refractivity contribution < 1.29 is 13.9 Å². The van der Waals surface area contributed by atoms with E-state index in [1.165, 1.54) is 18.1 Å². The van der Waals surface area contributed by atoms with Crippen molar-refractivity contribution in [1.82, 2.24) is 29.4 Å². The highest BCUT2D eigenvalue weighted by atomic mass is 32.2. The van der Waals surface area contributed by atoms with Crippen LogP contribution in [-0.2, 0) is 17.8 Å². The second kappa shape index (κ2) is 9.90. The summed E-state index contributed by atoms with van der Waals surface area (Å²) in [5.74, 6) is 2.40. The number of aryl methyl sites for hydroxylation is 1. The fourth-order valence-electron chi connectivity index (χ4n) is 5.00. The molecule has 36 heavy (non-hydrogen) atoms. The van der Waals surface area contributed by atoms with Crippen LogP contribution in [0.3, 0.4) is 0 Å². The number of benzene rings is 1. The third-order valence-corrected chi connectivity index (χ3v) is 8.03. The van der Waals surface area contributed by atoms with Gasteiger partial charge in [0.1, 0.15) is 24.6 Å². The van der Waals surface area contributed by atoms with Crippen LogP contribution in [0.4, 0.5) is 5.82 Å². The molecule has 0 unspecified atom stereocenters. The molecule has 0 bridgehead atoms. The predicted octanol–water partition coefficient (Wildman–Crippen LogP) is 3.45. The lowest BCUT2D eigenvalue weighted by atomic mass is 9.93. The molecule has 2 aliphatic rings. The highest BCUT2D eigenvalue weighted by Gasteiger charge is 2.24. The Morgan fingerprint density at radius 3 is 2.89 bits per heavy atom. The summed E-state index contributed by atoms with van der Waals surface area (Å²) in [6, 6.07) is 4.15. The molecular weight excluding hydrogens is 478 g/mol. The number of aldehydes is 1. The van der Waals surface area contributed by atoms with Gasteiger partial charge < -0.3 is 24.2 Å². The van der Waals surface area contributed by atoms with Crippen molar-refractivity contribution in [2.45, 2.75) is 42.3 Å². The number of carbonyl (C=O) groups excluding carboxylic acids is 1. The number of nitrogen functional groups attached to an aromatic ring is 1. The number of likely N-dealkylation sites (tertiary alicyclic amines) is 1. The van der Waals surface area contributed by atoms with Crippen molar-refractivity contribution in [3.05, 3.63) is 36.5 Å². The minimum Gasteiger partial charge on any atom is -0.493 e. The molecule has 1 aromatic carbocycles. The average Bonchev–Trinajstić information content (AvgIpc) is 3.64. The molecule has 0 atom stereocenters. The summed E-state index contributed by atoms with van der Waals surface area (Å²) >= 11 is 1.53. The number of hydrogen-bond donors (Lipinski definition) is 1. The third-order valence-electron chi connectivity index (χ3n) is 6.98. The maximum absolute atomic E-state index is 10.8. The van der Waals surface area contributed by atoms with Gasteiger partial charge in [-0.2, -0.15) is 0 Å². The van der Waals surface area contributed by atoms with Gasteiger partial charge in [0, 0.05) is 17.9 Å². The van der Waals surface area contributed by atoms with Crippen LogP contribution >= 0.6 is 11.8 Å². The molecule has 0 saturated carbocycles. The fraction of sp³-hybridized carbons (Fsp3) is 0.400. The van der Waals surface area contributed by atoms with Gasteiger partial charge in [-0.05, 0) is 56.0 Å². The van der Waals surface area contributed by atoms with Crippen LogP contribution in [0, 0.1) is 5.92 Å². The molecule has 3 aromatic heterocycles. The molecule has 11 heteroatoms. The molecule has 1 saturated heterocycles. The molecule has 186 valence electrons. The smallest absolute Gasteiger partial charge is 0.227 e. The first-order chi connectivity index (χ1) is 17.7. The van der Waals surface area contributed by atoms with Crippen molar-refractivity contribution >= 4 is 35.0 Å². The van der Waals surface area contributed by atoms with Gasteiger partial charge in [-0.15, -0.1) is 0 Å². The highest BCUT2D eigenvalue weighted by Crippen LogP contribution is 2.42. The predicted molar refractivity (Wildman–Crippen MR) is 135 cm³/mol. The van der Waals surface area contributed by atoms with E-state index in [2.05, 4.69) is 30.5 Å². The van der Waals surface area contributed by atoms with Crippen molar-refractivity contribution in [3.8, 4) is 17.2 Å². The van der Waals surface area contributed by atoms with Crippen molar-refractivity contribution in [3.63, 3.8) is 0 Å². The molecule has 0 radical (unpaired) electrons. The van der Waals surface area contributed by atoms with E-state index in [9.17, 15) is 4.79 Å². The summed E-state index contributed by atoms with van der Waals surface area (Å²) < 4.78 is 13.7. The highest BCUT2D eigenvalue weighted by molar-refractivity contribution is 7.99. The van der Waals surface area contributed by atoms with Crippen LogP contribution in [-0.4, -0.2) is 61.9 Å². The Balaban J connectivity index is 1.32. The number of fused-ring (bicyclic) bond motifs is 2. The zero-order valence-corrected chi connectivity index (χ0v) is 20.6. The van der Waals surface area contributed by atoms with Crippen LogP contribution in [0.15, 0.2) is 45.4 Å². The van der Waals surface area contributed by atoms with Gasteiger partial charge >= 0.3 is 0 Å². The van der Waals surface area contributed by atoms with Crippen LogP contribution in [0.2, 0.25) is 0 Å². The number of carbonyl (C=O) groups is 1. The average molecular weight is 506 g/mol. The summed E-state index contributed by atoms with van der Waals surface area (Å²) in [4.78, 5) is 31.9. The minimum absolute atomic E-state index is 0.369. The van der Waals surface area contributed by atoms with Crippen LogP contribution in [0.5, 0.6) is 5.75 Å². The topological polar surface area (TPSA) is 125 Å². The number of ether oxygens (including phenoxy) is 1. The molecule has 2 N–H and O–H groups in total. The van der Waals surface area contributed by atoms with Gasteiger partial charge in [0.2, 0.25) is 5.89 Å². The summed E-state index contributed by atoms with van der Waals surface area (Å²) in [6.07, 6.45) is 9.74. The molecule has 0 aliphatic carbocycles. The van der Waals surface area contributed by atoms with Gasteiger partial charge in [0.25, 0.3) is 0 Å². The van der Waals surface area contributed by atoms with E-state index in [4.69, 9.17) is 19.9 Å². The van der Waals surface area contributed by atoms with E-state index in [1.54, 1.807) is 12.5 Å². The molecule has 4 aromatic rings. The van der Waals surface area contributed by atoms with Gasteiger partial charge in [0.05, 0.1) is 24.9 Å². The van der Waals surface area contributed by atoms with Crippen LogP contribution < -0.4 is 10.5 Å². The number of imidazole rings is 1. The normalized spacial score (nSPS) is 16.3. The lowest BCUT2D eigenvalue weighted by Gasteiger charge is -2.30. The van der Waals surface area contributed by atoms with Gasteiger partial charge in [-0.1, -0.05) is 11.8 Å². The van der Waals surface area contributed by atoms with Gasteiger partial charge in [-0.25, -0.2) is 19.9 Å². The summed E-state index contributed by atoms with van der Waals surface area (Å²) in [5.41, 5.74) is 9.58. The molecule has 5 heterocycles. The Hall–Kier alpha value is -3.44. The number of nitrogens with two attached hydrogens (primary N) is 1. The first kappa shape index (κ1) is 23.0. The Kier molecular flexibility index (Phi) is 6.32. The van der Waals surface area contributed by atoms with Crippen molar-refractivity contribution in [2.75, 3.05) is 32.0 Å². The van der Waals surface area contributed by atoms with Crippen molar-refractivity contribution in [1.29, 1.82) is 0 Å². The van der Waals surface area contributed by atoms with E-state index in [1.807, 2.05) is 6.07 Å². The maximum atomic E-state index is 10.8. The molecule has 10 nitrogen and oxygen atoms in total. The molecule has 2 aliphatic heterocycles. The number of rotatable bonds is 8. The Bertz CT molecular complexity index is 1380. The van der Waals surface area contributed by atoms with Gasteiger partial charge in [-0.3, -0.25) is 4.90 Å². The molecule has 0 amide bonds. The first-order valence-electron chi connectivity index (χ1n) is 12.2. The van der Waals surface area contributed by atoms with Crippen molar-refractivity contribution in [2.24, 2.45) is 5.92 Å². The van der Waals surface area contributed by atoms with Crippen LogP contribution in [0.1, 0.15) is 24.8 Å². The second-order valence-corrected chi connectivity index (χ2v) is 10.2. The zero-order chi connectivity index (χ0) is 24.5. The number of oxazole rings is 1. The Labute approximate surface area is 212 Å². The number of nitrogens with zero attached hydrogens (tertiary/aromatic N) is 6. The first-order valence-corrected chi connectivity index (χ1v) is 13.0. The second-order valence-electron chi connectivity index (χ2n) is 9.17. The number of piperidine rings is 1. The van der Waals surface area contributed by atoms with Crippen LogP contribution in [0.25, 0.3) is 22.6 Å². The summed E-state index contributed by atoms with van der Waals surface area (Å²) in [5, 5.41) is 0.793. The number of aromatic nitrogens is 5. The standard InChI is InChI=1S/C25H27N7O3S/c26-22-21-23(29-15-28-22)32(8-3-16-1-6-31(7-2-16)9-10-33)25(30-21)36-20-14-19-17(4-11-34-19)13-18(20)24-27-5-12-35-24/h5,10,12-16H,1-4,6-9,11H2,(H2,26,28,29). The molecule has 1 fully saturated rings. The van der Waals surface area contributed by atoms with E-state index < -0.39 is 0 Å². The zero-order valence-electron chi connectivity index (χ0n) is 19.8. The number of anilines is 1. The van der Waals surface area contributed by atoms with E-state index >= 15 is 0 Å². The van der Waals surface area contributed by atoms with Gasteiger partial charge in [0.15, 0.2) is 22.1 Å². The molecular formula is C25H27N7O3S. The van der Waals surface area contributed by atoms with E-state index in [0.717, 1.165) is 84.2 Å². The number of hydrogen-bond acceptors (Lipinski definition) is 10. The molecule has 6 rings (SSSR count). The Morgan fingerprint density at radius 2 is 2.08 bits per heavy atom. The molecule has 0 spiro atoms. The fourth-order valence-corrected chi connectivity index (χ4v) is 6.05. The largest absolute Gasteiger partial charge is 0.493 e. The quantitative estimate of drug-likeness (QED) is 0.356. The third kappa shape index (κ3) is 4.44. The maximum Gasteiger partial charge on any atom is 0.227 e. The summed E-state index contributed by atoms with van der Waals surface area (Å²) in [6.45, 7) is 3.88. The van der Waals surface area contributed by atoms with E-state index in [-0.39, 0.29) is 0 Å².